The van der Waals surface area contributed by atoms with E-state index in [9.17, 15) is 9.59 Å². The van der Waals surface area contributed by atoms with Crippen LogP contribution in [0.4, 0.5) is 0 Å². The van der Waals surface area contributed by atoms with Crippen molar-refractivity contribution in [2.45, 2.75) is 36.4 Å². The van der Waals surface area contributed by atoms with E-state index in [0.29, 0.717) is 46.4 Å². The predicted octanol–water partition coefficient (Wildman–Crippen LogP) is 4.37. The number of aromatic nitrogens is 3. The number of benzene rings is 1. The average molecular weight is 484 g/mol. The van der Waals surface area contributed by atoms with Crippen LogP contribution in [0.1, 0.15) is 28.9 Å². The normalized spacial score (nSPS) is 15.8. The largest absolute Gasteiger partial charge is 0.465 e. The van der Waals surface area contributed by atoms with Crippen LogP contribution in [0.2, 0.25) is 0 Å². The molecule has 4 aromatic rings. The van der Waals surface area contributed by atoms with Gasteiger partial charge in [-0.05, 0) is 42.5 Å². The van der Waals surface area contributed by atoms with Crippen molar-refractivity contribution < 1.29 is 18.7 Å². The Labute approximate surface area is 197 Å². The van der Waals surface area contributed by atoms with E-state index >= 15 is 0 Å². The molecule has 8 nitrogen and oxygen atoms in total. The molecule has 1 aliphatic rings. The molecule has 1 atom stereocenters. The van der Waals surface area contributed by atoms with E-state index in [0.717, 1.165) is 23.4 Å². The van der Waals surface area contributed by atoms with Gasteiger partial charge >= 0.3 is 5.97 Å². The number of carbonyl (C=O) groups is 1. The minimum atomic E-state index is -0.472. The lowest BCUT2D eigenvalue weighted by Crippen LogP contribution is -2.29. The molecule has 0 radical (unpaired) electrons. The number of thioether (sulfide) groups is 1. The average Bonchev–Trinajstić information content (AvgIpc) is 3.61. The molecule has 0 amide bonds. The van der Waals surface area contributed by atoms with Crippen LogP contribution in [-0.2, 0) is 21.8 Å². The summed E-state index contributed by atoms with van der Waals surface area (Å²) in [4.78, 5) is 35.6. The highest BCUT2D eigenvalue weighted by molar-refractivity contribution is 7.98. The summed E-state index contributed by atoms with van der Waals surface area (Å²) in [7, 11) is 1.32. The van der Waals surface area contributed by atoms with Gasteiger partial charge in [-0.1, -0.05) is 17.8 Å². The van der Waals surface area contributed by atoms with E-state index in [1.165, 1.54) is 18.9 Å². The summed E-state index contributed by atoms with van der Waals surface area (Å²) in [5.41, 5.74) is 1.40. The molecule has 0 aliphatic carbocycles. The van der Waals surface area contributed by atoms with E-state index in [4.69, 9.17) is 18.9 Å². The van der Waals surface area contributed by atoms with Gasteiger partial charge in [-0.3, -0.25) is 9.36 Å². The van der Waals surface area contributed by atoms with Crippen molar-refractivity contribution in [3.63, 3.8) is 0 Å². The second-order valence-corrected chi connectivity index (χ2v) is 9.47. The molecule has 1 unspecified atom stereocenters. The minimum Gasteiger partial charge on any atom is -0.465 e. The van der Waals surface area contributed by atoms with Crippen LogP contribution in [-0.4, -0.2) is 40.3 Å². The Morgan fingerprint density at radius 2 is 2.24 bits per heavy atom. The quantitative estimate of drug-likeness (QED) is 0.217. The van der Waals surface area contributed by atoms with Gasteiger partial charge in [0.15, 0.2) is 5.16 Å². The molecule has 10 heteroatoms. The summed E-state index contributed by atoms with van der Waals surface area (Å²) >= 11 is 2.96. The number of hydrogen-bond donors (Lipinski definition) is 0. The number of nitrogens with zero attached hydrogens (tertiary/aromatic N) is 3. The molecule has 1 aliphatic heterocycles. The van der Waals surface area contributed by atoms with E-state index in [1.54, 1.807) is 40.4 Å². The SMILES string of the molecule is COC(=O)c1ccc2c(=O)n(CC3CCCO3)c(SCc3coc(-c4cccs4)n3)nc2c1. The summed E-state index contributed by atoms with van der Waals surface area (Å²) in [6.07, 6.45) is 3.49. The van der Waals surface area contributed by atoms with Gasteiger partial charge in [0.25, 0.3) is 5.56 Å². The molecule has 3 aromatic heterocycles. The number of thiophene rings is 1. The molecule has 0 saturated carbocycles. The summed E-state index contributed by atoms with van der Waals surface area (Å²) in [5, 5.41) is 2.97. The Morgan fingerprint density at radius 3 is 3.00 bits per heavy atom. The van der Waals surface area contributed by atoms with E-state index in [1.807, 2.05) is 17.5 Å². The van der Waals surface area contributed by atoms with Gasteiger partial charge in [-0.2, -0.15) is 0 Å². The first-order chi connectivity index (χ1) is 16.1. The maximum absolute atomic E-state index is 13.4. The first-order valence-electron chi connectivity index (χ1n) is 10.5. The molecule has 1 saturated heterocycles. The van der Waals surface area contributed by atoms with Gasteiger partial charge in [-0.15, -0.1) is 11.3 Å². The zero-order valence-corrected chi connectivity index (χ0v) is 19.5. The van der Waals surface area contributed by atoms with Crippen molar-refractivity contribution in [1.82, 2.24) is 14.5 Å². The lowest BCUT2D eigenvalue weighted by Gasteiger charge is -2.16. The van der Waals surface area contributed by atoms with E-state index < -0.39 is 5.97 Å². The van der Waals surface area contributed by atoms with E-state index in [-0.39, 0.29) is 11.7 Å². The summed E-state index contributed by atoms with van der Waals surface area (Å²) in [6.45, 7) is 1.14. The minimum absolute atomic E-state index is 0.0203. The predicted molar refractivity (Wildman–Crippen MR) is 126 cm³/mol. The zero-order chi connectivity index (χ0) is 22.8. The number of fused-ring (bicyclic) bond motifs is 1. The van der Waals surface area contributed by atoms with Gasteiger partial charge in [0.05, 0.1) is 46.8 Å². The molecule has 33 heavy (non-hydrogen) atoms. The number of hydrogen-bond acceptors (Lipinski definition) is 9. The highest BCUT2D eigenvalue weighted by Gasteiger charge is 2.21. The second kappa shape index (κ2) is 9.50. The lowest BCUT2D eigenvalue weighted by atomic mass is 10.1. The molecule has 0 bridgehead atoms. The Morgan fingerprint density at radius 1 is 1.33 bits per heavy atom. The van der Waals surface area contributed by atoms with E-state index in [2.05, 4.69) is 4.98 Å². The summed E-state index contributed by atoms with van der Waals surface area (Å²) < 4.78 is 17.9. The van der Waals surface area contributed by atoms with Crippen LogP contribution in [0.3, 0.4) is 0 Å². The smallest absolute Gasteiger partial charge is 0.337 e. The highest BCUT2D eigenvalue weighted by atomic mass is 32.2. The standard InChI is InChI=1S/C23H21N3O5S2/c1-29-22(28)14-6-7-17-18(10-14)25-23(26(21(17)27)11-16-4-2-8-30-16)33-13-15-12-31-20(24-15)19-5-3-9-32-19/h3,5-7,9-10,12,16H,2,4,8,11,13H2,1H3. The molecular formula is C23H21N3O5S2. The number of ether oxygens (including phenoxy) is 2. The summed E-state index contributed by atoms with van der Waals surface area (Å²) in [6, 6.07) is 8.71. The van der Waals surface area contributed by atoms with Crippen molar-refractivity contribution in [3.8, 4) is 10.8 Å². The highest BCUT2D eigenvalue weighted by Crippen LogP contribution is 2.28. The van der Waals surface area contributed by atoms with Crippen LogP contribution in [0, 0.1) is 0 Å². The lowest BCUT2D eigenvalue weighted by molar-refractivity contribution is 0.0601. The van der Waals surface area contributed by atoms with Gasteiger partial charge in [0.1, 0.15) is 6.26 Å². The maximum Gasteiger partial charge on any atom is 0.337 e. The molecule has 0 spiro atoms. The number of esters is 1. The number of methoxy groups -OCH3 is 1. The monoisotopic (exact) mass is 483 g/mol. The fraction of sp³-hybridized carbons (Fsp3) is 0.304. The first kappa shape index (κ1) is 21.9. The van der Waals surface area contributed by atoms with Gasteiger partial charge in [-0.25, -0.2) is 14.8 Å². The van der Waals surface area contributed by atoms with Crippen molar-refractivity contribution in [2.24, 2.45) is 0 Å². The molecule has 5 rings (SSSR count). The molecule has 1 aromatic carbocycles. The first-order valence-corrected chi connectivity index (χ1v) is 12.3. The van der Waals surface area contributed by atoms with Crippen LogP contribution >= 0.6 is 23.1 Å². The van der Waals surface area contributed by atoms with Crippen molar-refractivity contribution in [1.29, 1.82) is 0 Å². The van der Waals surface area contributed by atoms with Gasteiger partial charge < -0.3 is 13.9 Å². The van der Waals surface area contributed by atoms with Crippen molar-refractivity contribution in [3.05, 3.63) is 63.6 Å². The molecule has 0 N–H and O–H groups in total. The van der Waals surface area contributed by atoms with Crippen LogP contribution in [0.5, 0.6) is 0 Å². The van der Waals surface area contributed by atoms with Crippen molar-refractivity contribution in [2.75, 3.05) is 13.7 Å². The maximum atomic E-state index is 13.4. The molecule has 4 heterocycles. The van der Waals surface area contributed by atoms with Crippen LogP contribution in [0.15, 0.2) is 56.3 Å². The Bertz CT molecular complexity index is 1340. The summed E-state index contributed by atoms with van der Waals surface area (Å²) in [5.74, 6) is 0.585. The third-order valence-electron chi connectivity index (χ3n) is 5.38. The molecule has 1 fully saturated rings. The number of rotatable bonds is 7. The molecular weight excluding hydrogens is 462 g/mol. The van der Waals surface area contributed by atoms with Crippen LogP contribution < -0.4 is 5.56 Å². The van der Waals surface area contributed by atoms with Crippen molar-refractivity contribution >= 4 is 40.0 Å². The Balaban J connectivity index is 1.48. The van der Waals surface area contributed by atoms with Crippen LogP contribution in [0.25, 0.3) is 21.7 Å². The number of carbonyl (C=O) groups excluding carboxylic acids is 1. The Hall–Kier alpha value is -2.95. The molecule has 170 valence electrons. The number of oxazole rings is 1. The zero-order valence-electron chi connectivity index (χ0n) is 17.9. The Kier molecular flexibility index (Phi) is 6.30. The third kappa shape index (κ3) is 4.59. The van der Waals surface area contributed by atoms with Gasteiger partial charge in [0, 0.05) is 12.4 Å². The third-order valence-corrected chi connectivity index (χ3v) is 7.25. The van der Waals surface area contributed by atoms with Gasteiger partial charge in [0.2, 0.25) is 5.89 Å². The fourth-order valence-electron chi connectivity index (χ4n) is 3.73. The topological polar surface area (TPSA) is 96.5 Å². The fourth-order valence-corrected chi connectivity index (χ4v) is 5.28. The second-order valence-electron chi connectivity index (χ2n) is 7.58.